The maximum absolute atomic E-state index is 13.0. The molecule has 1 aromatic heterocycles. The van der Waals surface area contributed by atoms with Gasteiger partial charge < -0.3 is 4.90 Å². The summed E-state index contributed by atoms with van der Waals surface area (Å²) < 4.78 is 1.92. The van der Waals surface area contributed by atoms with E-state index in [0.717, 1.165) is 50.5 Å². The fourth-order valence-corrected chi connectivity index (χ4v) is 5.88. The van der Waals surface area contributed by atoms with E-state index in [1.807, 2.05) is 30.1 Å². The first-order valence-corrected chi connectivity index (χ1v) is 13.2. The lowest BCUT2D eigenvalue weighted by Gasteiger charge is -2.35. The van der Waals surface area contributed by atoms with E-state index in [-0.39, 0.29) is 24.1 Å². The fraction of sp³-hybridized carbons (Fsp3) is 0.379. The van der Waals surface area contributed by atoms with Crippen LogP contribution in [0.2, 0.25) is 0 Å². The molecule has 6 rings (SSSR count). The molecule has 3 aliphatic rings. The number of piperazine rings is 1. The molecule has 196 valence electrons. The average molecular weight is 513 g/mol. The number of benzene rings is 2. The van der Waals surface area contributed by atoms with E-state index in [2.05, 4.69) is 56.6 Å². The van der Waals surface area contributed by atoms with Gasteiger partial charge in [-0.1, -0.05) is 36.4 Å². The topological polar surface area (TPSA) is 90.8 Å². The van der Waals surface area contributed by atoms with E-state index in [9.17, 15) is 14.4 Å². The van der Waals surface area contributed by atoms with Gasteiger partial charge in [0.25, 0.3) is 5.91 Å². The molecule has 3 aromatic rings. The van der Waals surface area contributed by atoms with Crippen LogP contribution in [0.5, 0.6) is 0 Å². The van der Waals surface area contributed by atoms with Crippen molar-refractivity contribution >= 4 is 17.7 Å². The molecular weight excluding hydrogens is 480 g/mol. The molecule has 2 aromatic carbocycles. The van der Waals surface area contributed by atoms with Crippen LogP contribution in [0, 0.1) is 0 Å². The number of aromatic nitrogens is 2. The Morgan fingerprint density at radius 3 is 2.42 bits per heavy atom. The third kappa shape index (κ3) is 4.75. The molecule has 38 heavy (non-hydrogen) atoms. The first-order chi connectivity index (χ1) is 18.5. The molecule has 0 radical (unpaired) electrons. The van der Waals surface area contributed by atoms with Crippen LogP contribution in [-0.2, 0) is 36.3 Å². The van der Waals surface area contributed by atoms with Crippen LogP contribution in [0.1, 0.15) is 39.9 Å². The van der Waals surface area contributed by atoms with Crippen molar-refractivity contribution in [3.63, 3.8) is 0 Å². The van der Waals surface area contributed by atoms with Gasteiger partial charge in [-0.25, -0.2) is 0 Å². The molecule has 4 heterocycles. The van der Waals surface area contributed by atoms with Crippen molar-refractivity contribution < 1.29 is 14.4 Å². The number of hydrogen-bond donors (Lipinski definition) is 1. The largest absolute Gasteiger partial charge is 0.322 e. The van der Waals surface area contributed by atoms with E-state index >= 15 is 0 Å². The molecule has 3 aliphatic heterocycles. The van der Waals surface area contributed by atoms with Crippen molar-refractivity contribution in [2.24, 2.45) is 7.05 Å². The average Bonchev–Trinajstić information content (AvgIpc) is 3.48. The van der Waals surface area contributed by atoms with Crippen molar-refractivity contribution in [2.75, 3.05) is 26.2 Å². The highest BCUT2D eigenvalue weighted by atomic mass is 16.2. The van der Waals surface area contributed by atoms with Gasteiger partial charge in [0.15, 0.2) is 0 Å². The normalized spacial score (nSPS) is 20.6. The minimum atomic E-state index is -0.577. The summed E-state index contributed by atoms with van der Waals surface area (Å²) in [6.45, 7) is 6.10. The van der Waals surface area contributed by atoms with Crippen LogP contribution >= 0.6 is 0 Å². The number of nitrogens with one attached hydrogen (secondary N) is 1. The molecule has 9 heteroatoms. The van der Waals surface area contributed by atoms with Gasteiger partial charge in [0.1, 0.15) is 6.04 Å². The monoisotopic (exact) mass is 512 g/mol. The van der Waals surface area contributed by atoms with E-state index < -0.39 is 6.04 Å². The van der Waals surface area contributed by atoms with Crippen LogP contribution in [0.25, 0.3) is 11.3 Å². The number of fused-ring (bicyclic) bond motifs is 1. The van der Waals surface area contributed by atoms with Crippen LogP contribution in [0.15, 0.2) is 54.7 Å². The summed E-state index contributed by atoms with van der Waals surface area (Å²) in [5, 5.41) is 6.70. The first kappa shape index (κ1) is 24.5. The predicted molar refractivity (Wildman–Crippen MR) is 142 cm³/mol. The zero-order valence-electron chi connectivity index (χ0n) is 21.6. The highest BCUT2D eigenvalue weighted by molar-refractivity contribution is 6.05. The van der Waals surface area contributed by atoms with E-state index in [1.54, 1.807) is 4.90 Å². The Labute approximate surface area is 222 Å². The maximum atomic E-state index is 13.0. The molecule has 2 fully saturated rings. The SMILES string of the molecule is Cn1nccc1-c1ccccc1CN1CCN(Cc2ccc3c(c2)CN(C2CCC(=O)NC2=O)C3=O)CC1. The lowest BCUT2D eigenvalue weighted by molar-refractivity contribution is -0.136. The van der Waals surface area contributed by atoms with Gasteiger partial charge >= 0.3 is 0 Å². The van der Waals surface area contributed by atoms with Gasteiger partial charge in [-0.2, -0.15) is 5.10 Å². The molecule has 1 atom stereocenters. The Bertz CT molecular complexity index is 1390. The van der Waals surface area contributed by atoms with Gasteiger partial charge in [0, 0.05) is 76.6 Å². The number of imide groups is 1. The fourth-order valence-electron chi connectivity index (χ4n) is 5.88. The lowest BCUT2D eigenvalue weighted by atomic mass is 10.0. The second-order valence-corrected chi connectivity index (χ2v) is 10.4. The number of hydrogen-bond acceptors (Lipinski definition) is 6. The molecular formula is C29H32N6O3. The summed E-state index contributed by atoms with van der Waals surface area (Å²) in [5.74, 6) is -0.764. The third-order valence-electron chi connectivity index (χ3n) is 7.97. The summed E-state index contributed by atoms with van der Waals surface area (Å²) in [4.78, 5) is 43.4. The Hall–Kier alpha value is -3.82. The minimum absolute atomic E-state index is 0.124. The van der Waals surface area contributed by atoms with E-state index in [4.69, 9.17) is 0 Å². The maximum Gasteiger partial charge on any atom is 0.255 e. The van der Waals surface area contributed by atoms with Crippen LogP contribution in [0.4, 0.5) is 0 Å². The van der Waals surface area contributed by atoms with Crippen molar-refractivity contribution in [2.45, 2.75) is 38.5 Å². The van der Waals surface area contributed by atoms with Crippen molar-refractivity contribution in [3.8, 4) is 11.3 Å². The van der Waals surface area contributed by atoms with Gasteiger partial charge in [-0.3, -0.25) is 34.2 Å². The number of carbonyl (C=O) groups excluding carboxylic acids is 3. The van der Waals surface area contributed by atoms with Crippen LogP contribution < -0.4 is 5.32 Å². The summed E-state index contributed by atoms with van der Waals surface area (Å²) in [7, 11) is 1.98. The second kappa shape index (κ2) is 10.2. The number of rotatable bonds is 6. The highest BCUT2D eigenvalue weighted by Gasteiger charge is 2.39. The quantitative estimate of drug-likeness (QED) is 0.509. The number of carbonyl (C=O) groups is 3. The van der Waals surface area contributed by atoms with E-state index in [0.29, 0.717) is 18.5 Å². The van der Waals surface area contributed by atoms with Crippen molar-refractivity contribution in [1.82, 2.24) is 29.8 Å². The highest BCUT2D eigenvalue weighted by Crippen LogP contribution is 2.29. The van der Waals surface area contributed by atoms with Crippen LogP contribution in [0.3, 0.4) is 0 Å². The molecule has 1 unspecified atom stereocenters. The minimum Gasteiger partial charge on any atom is -0.322 e. The number of piperidine rings is 1. The Morgan fingerprint density at radius 1 is 0.921 bits per heavy atom. The Balaban J connectivity index is 1.06. The van der Waals surface area contributed by atoms with Gasteiger partial charge in [-0.15, -0.1) is 0 Å². The molecule has 0 spiro atoms. The van der Waals surface area contributed by atoms with Crippen molar-refractivity contribution in [3.05, 3.63) is 77.0 Å². The summed E-state index contributed by atoms with van der Waals surface area (Å²) >= 11 is 0. The molecule has 0 saturated carbocycles. The first-order valence-electron chi connectivity index (χ1n) is 13.2. The zero-order valence-corrected chi connectivity index (χ0v) is 21.6. The smallest absolute Gasteiger partial charge is 0.255 e. The summed E-state index contributed by atoms with van der Waals surface area (Å²) in [6.07, 6.45) is 2.49. The summed E-state index contributed by atoms with van der Waals surface area (Å²) in [5.41, 5.74) is 6.47. The van der Waals surface area contributed by atoms with Gasteiger partial charge in [0.05, 0.1) is 5.69 Å². The molecule has 1 N–H and O–H groups in total. The molecule has 3 amide bonds. The summed E-state index contributed by atoms with van der Waals surface area (Å²) in [6, 6.07) is 16.1. The number of aryl methyl sites for hydroxylation is 1. The van der Waals surface area contributed by atoms with Gasteiger partial charge in [-0.05, 0) is 35.2 Å². The molecule has 2 saturated heterocycles. The van der Waals surface area contributed by atoms with Crippen molar-refractivity contribution in [1.29, 1.82) is 0 Å². The standard InChI is InChI=1S/C29H32N6O3/c1-32-25(10-11-30-32)23-5-3-2-4-21(23)18-34-14-12-33(13-15-34)17-20-6-7-24-22(16-20)19-35(29(24)38)26-8-9-27(36)31-28(26)37/h2-7,10-11,16,26H,8-9,12-15,17-19H2,1H3,(H,31,36,37). The molecule has 0 aliphatic carbocycles. The lowest BCUT2D eigenvalue weighted by Crippen LogP contribution is -2.52. The molecule has 9 nitrogen and oxygen atoms in total. The van der Waals surface area contributed by atoms with E-state index in [1.165, 1.54) is 16.7 Å². The third-order valence-corrected chi connectivity index (χ3v) is 7.97. The second-order valence-electron chi connectivity index (χ2n) is 10.4. The van der Waals surface area contributed by atoms with Gasteiger partial charge in [0.2, 0.25) is 11.8 Å². The number of nitrogens with zero attached hydrogens (tertiary/aromatic N) is 5. The predicted octanol–water partition coefficient (Wildman–Crippen LogP) is 2.17. The Kier molecular flexibility index (Phi) is 6.55. The zero-order chi connectivity index (χ0) is 26.2. The number of amides is 3. The Morgan fingerprint density at radius 2 is 1.68 bits per heavy atom. The van der Waals surface area contributed by atoms with Crippen LogP contribution in [-0.4, -0.2) is 74.4 Å². The molecule has 0 bridgehead atoms.